The van der Waals surface area contributed by atoms with Gasteiger partial charge in [0.2, 0.25) is 0 Å². The summed E-state index contributed by atoms with van der Waals surface area (Å²) >= 11 is 12.9. The summed E-state index contributed by atoms with van der Waals surface area (Å²) in [6.45, 7) is 1.85. The number of aliphatic carboxylic acids is 1. The molecule has 0 heterocycles. The van der Waals surface area contributed by atoms with Gasteiger partial charge in [-0.1, -0.05) is 23.2 Å². The van der Waals surface area contributed by atoms with Crippen molar-refractivity contribution in [3.05, 3.63) is 27.7 Å². The van der Waals surface area contributed by atoms with E-state index in [1.165, 1.54) is 11.8 Å². The lowest BCUT2D eigenvalue weighted by Crippen LogP contribution is -1.97. The minimum absolute atomic E-state index is 0.000786. The summed E-state index contributed by atoms with van der Waals surface area (Å²) in [4.78, 5) is 11.1. The number of hydrogen-bond donors (Lipinski definition) is 1. The number of carboxylic acids is 1. The molecule has 0 aliphatic heterocycles. The Kier molecular flexibility index (Phi) is 4.11. The summed E-state index contributed by atoms with van der Waals surface area (Å²) in [5.74, 6) is -0.862. The van der Waals surface area contributed by atoms with Gasteiger partial charge in [-0.05, 0) is 24.6 Å². The van der Waals surface area contributed by atoms with Crippen molar-refractivity contribution in [2.75, 3.05) is 5.75 Å². The molecule has 0 bridgehead atoms. The van der Waals surface area contributed by atoms with Crippen molar-refractivity contribution >= 4 is 40.9 Å². The first-order chi connectivity index (χ1) is 6.50. The maximum Gasteiger partial charge on any atom is 0.313 e. The largest absolute Gasteiger partial charge is 0.481 e. The standard InChI is InChI=1S/C9H8Cl2O2S/c1-5-2-8(14-4-9(12)13)7(11)3-6(5)10/h2-3H,4H2,1H3,(H,12,13). The Balaban J connectivity index is 2.87. The molecule has 0 fully saturated rings. The average Bonchev–Trinajstić information content (AvgIpc) is 2.09. The quantitative estimate of drug-likeness (QED) is 0.835. The number of rotatable bonds is 3. The first-order valence-corrected chi connectivity index (χ1v) is 5.55. The molecule has 14 heavy (non-hydrogen) atoms. The molecule has 0 saturated heterocycles. The monoisotopic (exact) mass is 250 g/mol. The van der Waals surface area contributed by atoms with Crippen LogP contribution in [0.5, 0.6) is 0 Å². The third-order valence-electron chi connectivity index (χ3n) is 1.56. The fourth-order valence-corrected chi connectivity index (χ4v) is 2.16. The van der Waals surface area contributed by atoms with Crippen LogP contribution in [0.2, 0.25) is 10.0 Å². The minimum atomic E-state index is -0.862. The van der Waals surface area contributed by atoms with Gasteiger partial charge < -0.3 is 5.11 Å². The predicted octanol–water partition coefficient (Wildman–Crippen LogP) is 3.48. The van der Waals surface area contributed by atoms with Gasteiger partial charge in [-0.2, -0.15) is 0 Å². The van der Waals surface area contributed by atoms with Crippen LogP contribution in [-0.2, 0) is 4.79 Å². The molecule has 1 N–H and O–H groups in total. The van der Waals surface area contributed by atoms with Crippen LogP contribution in [0, 0.1) is 6.92 Å². The van der Waals surface area contributed by atoms with Crippen molar-refractivity contribution in [1.29, 1.82) is 0 Å². The molecule has 0 radical (unpaired) electrons. The molecular weight excluding hydrogens is 243 g/mol. The molecule has 1 aromatic rings. The van der Waals surface area contributed by atoms with Crippen LogP contribution in [0.15, 0.2) is 17.0 Å². The highest BCUT2D eigenvalue weighted by Crippen LogP contribution is 2.31. The van der Waals surface area contributed by atoms with Crippen LogP contribution >= 0.6 is 35.0 Å². The number of aryl methyl sites for hydroxylation is 1. The first-order valence-electron chi connectivity index (χ1n) is 3.81. The van der Waals surface area contributed by atoms with E-state index in [-0.39, 0.29) is 5.75 Å². The SMILES string of the molecule is Cc1cc(SCC(=O)O)c(Cl)cc1Cl. The fraction of sp³-hybridized carbons (Fsp3) is 0.222. The second kappa shape index (κ2) is 4.91. The highest BCUT2D eigenvalue weighted by molar-refractivity contribution is 8.00. The number of benzene rings is 1. The minimum Gasteiger partial charge on any atom is -0.481 e. The summed E-state index contributed by atoms with van der Waals surface area (Å²) < 4.78 is 0. The predicted molar refractivity (Wildman–Crippen MR) is 59.6 cm³/mol. The lowest BCUT2D eigenvalue weighted by Gasteiger charge is -2.05. The Hall–Kier alpha value is -0.380. The molecule has 2 nitrogen and oxygen atoms in total. The Morgan fingerprint density at radius 2 is 2.07 bits per heavy atom. The van der Waals surface area contributed by atoms with Gasteiger partial charge in [0.15, 0.2) is 0 Å². The van der Waals surface area contributed by atoms with Gasteiger partial charge in [-0.25, -0.2) is 0 Å². The van der Waals surface area contributed by atoms with E-state index in [0.29, 0.717) is 10.0 Å². The molecule has 76 valence electrons. The van der Waals surface area contributed by atoms with E-state index in [1.807, 2.05) is 6.92 Å². The second-order valence-electron chi connectivity index (χ2n) is 2.71. The van der Waals surface area contributed by atoms with Gasteiger partial charge >= 0.3 is 5.97 Å². The molecule has 5 heteroatoms. The lowest BCUT2D eigenvalue weighted by molar-refractivity contribution is -0.133. The molecular formula is C9H8Cl2O2S. The molecule has 1 aromatic carbocycles. The molecule has 1 rings (SSSR count). The third-order valence-corrected chi connectivity index (χ3v) is 3.44. The Morgan fingerprint density at radius 3 is 2.64 bits per heavy atom. The van der Waals surface area contributed by atoms with Gasteiger partial charge in [-0.15, -0.1) is 11.8 Å². The van der Waals surface area contributed by atoms with Crippen molar-refractivity contribution in [2.24, 2.45) is 0 Å². The van der Waals surface area contributed by atoms with E-state index in [0.717, 1.165) is 10.5 Å². The molecule has 0 aliphatic rings. The zero-order chi connectivity index (χ0) is 10.7. The van der Waals surface area contributed by atoms with E-state index >= 15 is 0 Å². The van der Waals surface area contributed by atoms with Crippen LogP contribution in [-0.4, -0.2) is 16.8 Å². The smallest absolute Gasteiger partial charge is 0.313 e. The van der Waals surface area contributed by atoms with Gasteiger partial charge in [0.05, 0.1) is 10.8 Å². The summed E-state index contributed by atoms with van der Waals surface area (Å²) in [7, 11) is 0. The maximum atomic E-state index is 10.3. The summed E-state index contributed by atoms with van der Waals surface area (Å²) in [6.07, 6.45) is 0. The van der Waals surface area contributed by atoms with Crippen LogP contribution < -0.4 is 0 Å². The van der Waals surface area contributed by atoms with Crippen LogP contribution in [0.3, 0.4) is 0 Å². The molecule has 0 unspecified atom stereocenters. The molecule has 0 aliphatic carbocycles. The number of halogens is 2. The number of carboxylic acid groups (broad SMARTS) is 1. The number of carbonyl (C=O) groups is 1. The fourth-order valence-electron chi connectivity index (χ4n) is 0.881. The molecule has 0 atom stereocenters. The summed E-state index contributed by atoms with van der Waals surface area (Å²) in [5.41, 5.74) is 0.893. The maximum absolute atomic E-state index is 10.3. The van der Waals surface area contributed by atoms with Crippen LogP contribution in [0.4, 0.5) is 0 Å². The summed E-state index contributed by atoms with van der Waals surface area (Å²) in [5, 5.41) is 9.58. The van der Waals surface area contributed by atoms with Crippen molar-refractivity contribution in [2.45, 2.75) is 11.8 Å². The van der Waals surface area contributed by atoms with E-state index in [2.05, 4.69) is 0 Å². The highest BCUT2D eigenvalue weighted by atomic mass is 35.5. The number of hydrogen-bond acceptors (Lipinski definition) is 2. The first kappa shape index (κ1) is 11.7. The van der Waals surface area contributed by atoms with Crippen molar-refractivity contribution < 1.29 is 9.90 Å². The van der Waals surface area contributed by atoms with Gasteiger partial charge in [-0.3, -0.25) is 4.79 Å². The third kappa shape index (κ3) is 3.08. The Labute approximate surface area is 96.2 Å². The van der Waals surface area contributed by atoms with Crippen molar-refractivity contribution in [3.63, 3.8) is 0 Å². The topological polar surface area (TPSA) is 37.3 Å². The average molecular weight is 251 g/mol. The highest BCUT2D eigenvalue weighted by Gasteiger charge is 2.07. The molecule has 0 spiro atoms. The zero-order valence-corrected chi connectivity index (χ0v) is 9.71. The van der Waals surface area contributed by atoms with Crippen molar-refractivity contribution in [3.8, 4) is 0 Å². The van der Waals surface area contributed by atoms with E-state index < -0.39 is 5.97 Å². The Morgan fingerprint density at radius 1 is 1.43 bits per heavy atom. The van der Waals surface area contributed by atoms with E-state index in [9.17, 15) is 4.79 Å². The van der Waals surface area contributed by atoms with E-state index in [4.69, 9.17) is 28.3 Å². The summed E-state index contributed by atoms with van der Waals surface area (Å²) in [6, 6.07) is 3.42. The second-order valence-corrected chi connectivity index (χ2v) is 4.55. The lowest BCUT2D eigenvalue weighted by atomic mass is 10.2. The van der Waals surface area contributed by atoms with E-state index in [1.54, 1.807) is 12.1 Å². The molecule has 0 amide bonds. The van der Waals surface area contributed by atoms with Gasteiger partial charge in [0.1, 0.15) is 0 Å². The van der Waals surface area contributed by atoms with Crippen molar-refractivity contribution in [1.82, 2.24) is 0 Å². The Bertz CT molecular complexity index is 366. The molecule has 0 aromatic heterocycles. The van der Waals surface area contributed by atoms with Crippen LogP contribution in [0.1, 0.15) is 5.56 Å². The number of thioether (sulfide) groups is 1. The van der Waals surface area contributed by atoms with Crippen LogP contribution in [0.25, 0.3) is 0 Å². The zero-order valence-electron chi connectivity index (χ0n) is 7.38. The van der Waals surface area contributed by atoms with Gasteiger partial charge in [0, 0.05) is 9.92 Å². The normalized spacial score (nSPS) is 10.2. The molecule has 0 saturated carbocycles. The van der Waals surface area contributed by atoms with Gasteiger partial charge in [0.25, 0.3) is 0 Å².